The first-order valence-electron chi connectivity index (χ1n) is 6.44. The Labute approximate surface area is 122 Å². The van der Waals surface area contributed by atoms with E-state index in [9.17, 15) is 13.5 Å². The van der Waals surface area contributed by atoms with Crippen molar-refractivity contribution in [2.24, 2.45) is 5.92 Å². The number of halogens is 1. The third-order valence-electron chi connectivity index (χ3n) is 3.67. The zero-order chi connectivity index (χ0) is 14.3. The molecule has 2 aliphatic rings. The summed E-state index contributed by atoms with van der Waals surface area (Å²) in [7, 11) is -3.02. The highest BCUT2D eigenvalue weighted by Gasteiger charge is 2.34. The minimum atomic E-state index is -3.02. The van der Waals surface area contributed by atoms with Crippen LogP contribution in [0.4, 0.5) is 0 Å². The van der Waals surface area contributed by atoms with Crippen molar-refractivity contribution < 1.29 is 23.0 Å². The average Bonchev–Trinajstić information content (AvgIpc) is 2.78. The fourth-order valence-electron chi connectivity index (χ4n) is 2.65. The lowest BCUT2D eigenvalue weighted by Crippen LogP contribution is -2.18. The quantitative estimate of drug-likeness (QED) is 0.896. The van der Waals surface area contributed by atoms with Gasteiger partial charge in [0.15, 0.2) is 21.3 Å². The van der Waals surface area contributed by atoms with Crippen molar-refractivity contribution in [2.45, 2.75) is 12.5 Å². The lowest BCUT2D eigenvalue weighted by Gasteiger charge is -2.23. The summed E-state index contributed by atoms with van der Waals surface area (Å²) >= 11 is 6.12. The number of ether oxygens (including phenoxy) is 2. The molecule has 0 aliphatic carbocycles. The van der Waals surface area contributed by atoms with E-state index in [1.54, 1.807) is 12.1 Å². The number of sulfone groups is 1. The molecule has 0 radical (unpaired) electrons. The first-order valence-corrected chi connectivity index (χ1v) is 8.64. The first-order chi connectivity index (χ1) is 9.46. The molecule has 1 aromatic rings. The van der Waals surface area contributed by atoms with Crippen molar-refractivity contribution in [2.75, 3.05) is 24.7 Å². The van der Waals surface area contributed by atoms with Gasteiger partial charge in [-0.15, -0.1) is 0 Å². The van der Waals surface area contributed by atoms with Gasteiger partial charge in [0.2, 0.25) is 0 Å². The zero-order valence-corrected chi connectivity index (χ0v) is 12.3. The molecule has 3 rings (SSSR count). The summed E-state index contributed by atoms with van der Waals surface area (Å²) in [5.41, 5.74) is 0.571. The second-order valence-electron chi connectivity index (χ2n) is 5.13. The molecule has 7 heteroatoms. The van der Waals surface area contributed by atoms with Crippen molar-refractivity contribution in [3.63, 3.8) is 0 Å². The van der Waals surface area contributed by atoms with Crippen LogP contribution in [0.1, 0.15) is 18.1 Å². The van der Waals surface area contributed by atoms with Gasteiger partial charge in [0.25, 0.3) is 0 Å². The van der Waals surface area contributed by atoms with Crippen molar-refractivity contribution in [3.05, 3.63) is 22.7 Å². The number of aliphatic hydroxyl groups excluding tert-OH is 1. The van der Waals surface area contributed by atoms with Crippen LogP contribution in [0.15, 0.2) is 12.1 Å². The highest BCUT2D eigenvalue weighted by atomic mass is 35.5. The SMILES string of the molecule is O=S1(=O)CCC(C(O)c2cc(Cl)c3c(c2)OCCO3)C1. The van der Waals surface area contributed by atoms with Gasteiger partial charge in [-0.1, -0.05) is 11.6 Å². The third-order valence-corrected chi connectivity index (χ3v) is 5.75. The molecule has 2 aliphatic heterocycles. The van der Waals surface area contributed by atoms with Crippen molar-refractivity contribution in [1.29, 1.82) is 0 Å². The maximum absolute atomic E-state index is 11.5. The van der Waals surface area contributed by atoms with Gasteiger partial charge in [0, 0.05) is 5.92 Å². The number of hydrogen-bond donors (Lipinski definition) is 1. The highest BCUT2D eigenvalue weighted by Crippen LogP contribution is 2.41. The average molecular weight is 319 g/mol. The largest absolute Gasteiger partial charge is 0.486 e. The van der Waals surface area contributed by atoms with Crippen LogP contribution >= 0.6 is 11.6 Å². The Morgan fingerprint density at radius 1 is 1.30 bits per heavy atom. The molecule has 1 saturated heterocycles. The van der Waals surface area contributed by atoms with E-state index < -0.39 is 15.9 Å². The molecular weight excluding hydrogens is 304 g/mol. The van der Waals surface area contributed by atoms with Gasteiger partial charge in [-0.2, -0.15) is 0 Å². The Morgan fingerprint density at radius 3 is 2.75 bits per heavy atom. The normalized spacial score (nSPS) is 25.4. The minimum Gasteiger partial charge on any atom is -0.486 e. The van der Waals surface area contributed by atoms with Crippen molar-refractivity contribution in [1.82, 2.24) is 0 Å². The molecule has 1 N–H and O–H groups in total. The van der Waals surface area contributed by atoms with Crippen LogP contribution < -0.4 is 9.47 Å². The first kappa shape index (κ1) is 14.0. The summed E-state index contributed by atoms with van der Waals surface area (Å²) < 4.78 is 33.9. The Morgan fingerprint density at radius 2 is 2.05 bits per heavy atom. The summed E-state index contributed by atoms with van der Waals surface area (Å²) in [5, 5.41) is 10.7. The predicted molar refractivity (Wildman–Crippen MR) is 74.2 cm³/mol. The molecule has 0 aromatic heterocycles. The maximum Gasteiger partial charge on any atom is 0.179 e. The fourth-order valence-corrected chi connectivity index (χ4v) is 4.75. The minimum absolute atomic E-state index is 0.0141. The number of aliphatic hydroxyl groups is 1. The molecule has 0 spiro atoms. The van der Waals surface area contributed by atoms with Crippen LogP contribution in [0.5, 0.6) is 11.5 Å². The van der Waals surface area contributed by atoms with E-state index in [4.69, 9.17) is 21.1 Å². The van der Waals surface area contributed by atoms with E-state index in [0.29, 0.717) is 41.7 Å². The van der Waals surface area contributed by atoms with Crippen molar-refractivity contribution in [3.8, 4) is 11.5 Å². The molecule has 1 aromatic carbocycles. The molecule has 0 amide bonds. The molecule has 2 heterocycles. The van der Waals surface area contributed by atoms with E-state index in [1.807, 2.05) is 0 Å². The monoisotopic (exact) mass is 318 g/mol. The zero-order valence-electron chi connectivity index (χ0n) is 10.7. The molecule has 2 unspecified atom stereocenters. The van der Waals surface area contributed by atoms with E-state index in [-0.39, 0.29) is 17.4 Å². The van der Waals surface area contributed by atoms with Gasteiger partial charge in [-0.25, -0.2) is 8.42 Å². The predicted octanol–water partition coefficient (Wildman–Crippen LogP) is 1.58. The Hall–Kier alpha value is -0.980. The van der Waals surface area contributed by atoms with Gasteiger partial charge in [-0.05, 0) is 24.1 Å². The smallest absolute Gasteiger partial charge is 0.179 e. The summed E-state index contributed by atoms with van der Waals surface area (Å²) in [6, 6.07) is 3.29. The molecule has 110 valence electrons. The van der Waals surface area contributed by atoms with Gasteiger partial charge in [-0.3, -0.25) is 0 Å². The number of benzene rings is 1. The Balaban J connectivity index is 1.89. The molecule has 0 bridgehead atoms. The molecule has 5 nitrogen and oxygen atoms in total. The van der Waals surface area contributed by atoms with Crippen LogP contribution in [0, 0.1) is 5.92 Å². The number of hydrogen-bond acceptors (Lipinski definition) is 5. The summed E-state index contributed by atoms with van der Waals surface area (Å²) in [6.45, 7) is 0.871. The van der Waals surface area contributed by atoms with Crippen LogP contribution in [-0.4, -0.2) is 38.2 Å². The van der Waals surface area contributed by atoms with Gasteiger partial charge >= 0.3 is 0 Å². The maximum atomic E-state index is 11.5. The second-order valence-corrected chi connectivity index (χ2v) is 7.77. The van der Waals surface area contributed by atoms with Crippen LogP contribution in [0.25, 0.3) is 0 Å². The lowest BCUT2D eigenvalue weighted by atomic mass is 9.95. The van der Waals surface area contributed by atoms with Crippen LogP contribution in [-0.2, 0) is 9.84 Å². The van der Waals surface area contributed by atoms with Gasteiger partial charge in [0.1, 0.15) is 13.2 Å². The van der Waals surface area contributed by atoms with E-state index in [0.717, 1.165) is 0 Å². The Kier molecular flexibility index (Phi) is 3.56. The summed E-state index contributed by atoms with van der Waals surface area (Å²) in [4.78, 5) is 0. The van der Waals surface area contributed by atoms with Gasteiger partial charge in [0.05, 0.1) is 22.6 Å². The molecule has 0 saturated carbocycles. The number of fused-ring (bicyclic) bond motifs is 1. The van der Waals surface area contributed by atoms with E-state index >= 15 is 0 Å². The molecule has 20 heavy (non-hydrogen) atoms. The van der Waals surface area contributed by atoms with E-state index in [2.05, 4.69) is 0 Å². The summed E-state index contributed by atoms with van der Waals surface area (Å²) in [5.74, 6) is 0.831. The number of rotatable bonds is 2. The standard InChI is InChI=1S/C13H15ClO5S/c14-10-5-9(6-11-13(10)19-3-2-18-11)12(15)8-1-4-20(16,17)7-8/h5-6,8,12,15H,1-4,7H2. The molecule has 1 fully saturated rings. The van der Waals surface area contributed by atoms with Crippen molar-refractivity contribution >= 4 is 21.4 Å². The summed E-state index contributed by atoms with van der Waals surface area (Å²) in [6.07, 6.45) is -0.393. The fraction of sp³-hybridized carbons (Fsp3) is 0.538. The highest BCUT2D eigenvalue weighted by molar-refractivity contribution is 7.91. The molecule has 2 atom stereocenters. The Bertz CT molecular complexity index is 628. The van der Waals surface area contributed by atoms with Crippen LogP contribution in [0.3, 0.4) is 0 Å². The molecular formula is C13H15ClO5S. The second kappa shape index (κ2) is 5.09. The van der Waals surface area contributed by atoms with E-state index in [1.165, 1.54) is 0 Å². The van der Waals surface area contributed by atoms with Gasteiger partial charge < -0.3 is 14.6 Å². The lowest BCUT2D eigenvalue weighted by molar-refractivity contribution is 0.119. The third kappa shape index (κ3) is 2.60. The topological polar surface area (TPSA) is 72.8 Å². The van der Waals surface area contributed by atoms with Crippen LogP contribution in [0.2, 0.25) is 5.02 Å².